The van der Waals surface area contributed by atoms with Gasteiger partial charge in [0.05, 0.1) is 15.7 Å². The molecule has 0 fully saturated rings. The number of anilines is 3. The van der Waals surface area contributed by atoms with Crippen molar-refractivity contribution in [1.29, 1.82) is 0 Å². The number of hydrogen-bond acceptors (Lipinski definition) is 4. The van der Waals surface area contributed by atoms with Gasteiger partial charge in [0.1, 0.15) is 5.69 Å². The van der Waals surface area contributed by atoms with E-state index in [2.05, 4.69) is 20.6 Å². The molecule has 1 amide bonds. The molecule has 3 rings (SSSR count). The smallest absolute Gasteiger partial charge is 0.274 e. The van der Waals surface area contributed by atoms with Crippen LogP contribution in [0.3, 0.4) is 0 Å². The Morgan fingerprint density at radius 3 is 2.46 bits per heavy atom. The summed E-state index contributed by atoms with van der Waals surface area (Å²) < 4.78 is 0. The van der Waals surface area contributed by atoms with Crippen molar-refractivity contribution >= 4 is 46.4 Å². The standard InChI is InChI=1S/C19H16Cl2N4O/c1-11-6-8-13(9-7-11)23-18(26)16-10-12(2)22-19(25-16)24-15-5-3-4-14(20)17(15)21/h3-10H,1-2H3,(H,23,26)(H,22,24,25). The summed E-state index contributed by atoms with van der Waals surface area (Å²) in [6.45, 7) is 3.77. The van der Waals surface area contributed by atoms with Crippen LogP contribution in [0.1, 0.15) is 21.7 Å². The van der Waals surface area contributed by atoms with Crippen LogP contribution in [-0.4, -0.2) is 15.9 Å². The number of nitrogens with one attached hydrogen (secondary N) is 2. The van der Waals surface area contributed by atoms with Gasteiger partial charge in [-0.1, -0.05) is 47.0 Å². The lowest BCUT2D eigenvalue weighted by molar-refractivity contribution is 0.102. The van der Waals surface area contributed by atoms with Gasteiger partial charge in [0, 0.05) is 11.4 Å². The summed E-state index contributed by atoms with van der Waals surface area (Å²) in [6.07, 6.45) is 0. The second-order valence-electron chi connectivity index (χ2n) is 5.76. The molecule has 1 aromatic heterocycles. The first-order valence-electron chi connectivity index (χ1n) is 7.87. The first-order valence-corrected chi connectivity index (χ1v) is 8.63. The summed E-state index contributed by atoms with van der Waals surface area (Å²) in [5, 5.41) is 6.61. The van der Waals surface area contributed by atoms with Crippen LogP contribution in [0.15, 0.2) is 48.5 Å². The van der Waals surface area contributed by atoms with Gasteiger partial charge < -0.3 is 10.6 Å². The zero-order chi connectivity index (χ0) is 18.7. The van der Waals surface area contributed by atoms with Crippen molar-refractivity contribution in [1.82, 2.24) is 9.97 Å². The molecule has 0 aliphatic rings. The van der Waals surface area contributed by atoms with Crippen molar-refractivity contribution in [3.8, 4) is 0 Å². The van der Waals surface area contributed by atoms with Gasteiger partial charge in [-0.05, 0) is 44.2 Å². The second-order valence-corrected chi connectivity index (χ2v) is 6.55. The highest BCUT2D eigenvalue weighted by atomic mass is 35.5. The van der Waals surface area contributed by atoms with E-state index < -0.39 is 0 Å². The van der Waals surface area contributed by atoms with Gasteiger partial charge in [-0.25, -0.2) is 9.97 Å². The maximum Gasteiger partial charge on any atom is 0.274 e. The lowest BCUT2D eigenvalue weighted by Gasteiger charge is -2.10. The average Bonchev–Trinajstić information content (AvgIpc) is 2.60. The molecule has 7 heteroatoms. The van der Waals surface area contributed by atoms with E-state index in [1.54, 1.807) is 31.2 Å². The van der Waals surface area contributed by atoms with Gasteiger partial charge >= 0.3 is 0 Å². The third-order valence-electron chi connectivity index (χ3n) is 3.59. The Labute approximate surface area is 161 Å². The largest absolute Gasteiger partial charge is 0.323 e. The number of rotatable bonds is 4. The number of aromatic nitrogens is 2. The number of hydrogen-bond donors (Lipinski definition) is 2. The Balaban J connectivity index is 1.84. The van der Waals surface area contributed by atoms with E-state index >= 15 is 0 Å². The fourth-order valence-corrected chi connectivity index (χ4v) is 2.64. The van der Waals surface area contributed by atoms with Gasteiger partial charge in [0.2, 0.25) is 5.95 Å². The molecule has 0 aliphatic heterocycles. The van der Waals surface area contributed by atoms with Crippen LogP contribution in [0, 0.1) is 13.8 Å². The van der Waals surface area contributed by atoms with E-state index in [0.29, 0.717) is 27.1 Å². The van der Waals surface area contributed by atoms with Crippen molar-refractivity contribution in [2.24, 2.45) is 0 Å². The normalized spacial score (nSPS) is 10.5. The minimum absolute atomic E-state index is 0.249. The Kier molecular flexibility index (Phi) is 5.40. The highest BCUT2D eigenvalue weighted by Crippen LogP contribution is 2.31. The first-order chi connectivity index (χ1) is 12.4. The Bertz CT molecular complexity index is 958. The Morgan fingerprint density at radius 1 is 1.00 bits per heavy atom. The topological polar surface area (TPSA) is 66.9 Å². The quantitative estimate of drug-likeness (QED) is 0.629. The summed E-state index contributed by atoms with van der Waals surface area (Å²) in [5.41, 5.74) is 3.28. The predicted octanol–water partition coefficient (Wildman–Crippen LogP) is 5.40. The number of amides is 1. The van der Waals surface area contributed by atoms with Crippen molar-refractivity contribution in [3.05, 3.63) is 75.5 Å². The molecule has 3 aromatic rings. The summed E-state index contributed by atoms with van der Waals surface area (Å²) in [6, 6.07) is 14.4. The Morgan fingerprint density at radius 2 is 1.73 bits per heavy atom. The van der Waals surface area contributed by atoms with Gasteiger partial charge in [0.25, 0.3) is 5.91 Å². The summed E-state index contributed by atoms with van der Waals surface area (Å²) >= 11 is 12.2. The maximum atomic E-state index is 12.5. The monoisotopic (exact) mass is 386 g/mol. The molecule has 26 heavy (non-hydrogen) atoms. The molecule has 1 heterocycles. The van der Waals surface area contributed by atoms with Crippen molar-refractivity contribution in [3.63, 3.8) is 0 Å². The molecule has 0 saturated heterocycles. The third-order valence-corrected chi connectivity index (χ3v) is 4.41. The van der Waals surface area contributed by atoms with E-state index in [1.165, 1.54) is 0 Å². The molecule has 2 aromatic carbocycles. The van der Waals surface area contributed by atoms with Crippen LogP contribution in [-0.2, 0) is 0 Å². The molecule has 0 atom stereocenters. The van der Waals surface area contributed by atoms with Crippen LogP contribution < -0.4 is 10.6 Å². The van der Waals surface area contributed by atoms with Crippen LogP contribution in [0.2, 0.25) is 10.0 Å². The lowest BCUT2D eigenvalue weighted by atomic mass is 10.2. The summed E-state index contributed by atoms with van der Waals surface area (Å²) in [7, 11) is 0. The minimum atomic E-state index is -0.320. The fraction of sp³-hybridized carbons (Fsp3) is 0.105. The van der Waals surface area contributed by atoms with E-state index in [4.69, 9.17) is 23.2 Å². The number of aryl methyl sites for hydroxylation is 2. The molecule has 2 N–H and O–H groups in total. The number of benzene rings is 2. The van der Waals surface area contributed by atoms with Gasteiger partial charge in [-0.15, -0.1) is 0 Å². The van der Waals surface area contributed by atoms with Crippen LogP contribution >= 0.6 is 23.2 Å². The van der Waals surface area contributed by atoms with Crippen LogP contribution in [0.25, 0.3) is 0 Å². The van der Waals surface area contributed by atoms with Gasteiger partial charge in [-0.2, -0.15) is 0 Å². The molecule has 0 bridgehead atoms. The highest BCUT2D eigenvalue weighted by molar-refractivity contribution is 6.43. The molecule has 0 aliphatic carbocycles. The summed E-state index contributed by atoms with van der Waals surface area (Å²) in [5.74, 6) is -0.0529. The van der Waals surface area contributed by atoms with Crippen LogP contribution in [0.4, 0.5) is 17.3 Å². The number of carbonyl (C=O) groups is 1. The van der Waals surface area contributed by atoms with E-state index in [0.717, 1.165) is 5.56 Å². The SMILES string of the molecule is Cc1ccc(NC(=O)c2cc(C)nc(Nc3cccc(Cl)c3Cl)n2)cc1. The Hall–Kier alpha value is -2.63. The van der Waals surface area contributed by atoms with E-state index in [1.807, 2.05) is 31.2 Å². The molecular weight excluding hydrogens is 371 g/mol. The van der Waals surface area contributed by atoms with E-state index in [-0.39, 0.29) is 17.5 Å². The van der Waals surface area contributed by atoms with Gasteiger partial charge in [0.15, 0.2) is 0 Å². The molecule has 0 radical (unpaired) electrons. The maximum absolute atomic E-state index is 12.5. The second kappa shape index (κ2) is 7.72. The van der Waals surface area contributed by atoms with Gasteiger partial charge in [-0.3, -0.25) is 4.79 Å². The zero-order valence-electron chi connectivity index (χ0n) is 14.2. The number of carbonyl (C=O) groups excluding carboxylic acids is 1. The fourth-order valence-electron chi connectivity index (χ4n) is 2.29. The molecule has 0 spiro atoms. The molecule has 0 saturated carbocycles. The molecule has 132 valence electrons. The van der Waals surface area contributed by atoms with Crippen molar-refractivity contribution in [2.45, 2.75) is 13.8 Å². The average molecular weight is 387 g/mol. The number of nitrogens with zero attached hydrogens (tertiary/aromatic N) is 2. The minimum Gasteiger partial charge on any atom is -0.323 e. The van der Waals surface area contributed by atoms with Crippen molar-refractivity contribution < 1.29 is 4.79 Å². The zero-order valence-corrected chi connectivity index (χ0v) is 15.7. The summed E-state index contributed by atoms with van der Waals surface area (Å²) in [4.78, 5) is 21.1. The number of halogens is 2. The first kappa shape index (κ1) is 18.2. The molecule has 0 unspecified atom stereocenters. The molecule has 5 nitrogen and oxygen atoms in total. The lowest BCUT2D eigenvalue weighted by Crippen LogP contribution is -2.15. The predicted molar refractivity (Wildman–Crippen MR) is 106 cm³/mol. The highest BCUT2D eigenvalue weighted by Gasteiger charge is 2.12. The van der Waals surface area contributed by atoms with Crippen molar-refractivity contribution in [2.75, 3.05) is 10.6 Å². The third kappa shape index (κ3) is 4.31. The molecular formula is C19H16Cl2N4O. The van der Waals surface area contributed by atoms with Crippen LogP contribution in [0.5, 0.6) is 0 Å². The van der Waals surface area contributed by atoms with E-state index in [9.17, 15) is 4.79 Å².